The van der Waals surface area contributed by atoms with Gasteiger partial charge in [-0.2, -0.15) is 0 Å². The maximum absolute atomic E-state index is 12.2. The van der Waals surface area contributed by atoms with Gasteiger partial charge in [-0.15, -0.1) is 11.6 Å². The van der Waals surface area contributed by atoms with Crippen molar-refractivity contribution in [1.29, 1.82) is 0 Å². The van der Waals surface area contributed by atoms with Crippen molar-refractivity contribution in [1.82, 2.24) is 14.5 Å². The molecule has 0 bridgehead atoms. The Morgan fingerprint density at radius 3 is 2.76 bits per heavy atom. The molecule has 1 amide bonds. The number of amides is 1. The van der Waals surface area contributed by atoms with E-state index >= 15 is 0 Å². The minimum Gasteiger partial charge on any atom is -0.343 e. The van der Waals surface area contributed by atoms with Gasteiger partial charge in [0.2, 0.25) is 5.91 Å². The molecule has 21 heavy (non-hydrogen) atoms. The second-order valence-corrected chi connectivity index (χ2v) is 5.99. The van der Waals surface area contributed by atoms with Crippen LogP contribution in [0.15, 0.2) is 18.2 Å². The first-order chi connectivity index (χ1) is 10.2. The summed E-state index contributed by atoms with van der Waals surface area (Å²) in [6.45, 7) is 2.39. The summed E-state index contributed by atoms with van der Waals surface area (Å²) < 4.78 is 2.02. The van der Waals surface area contributed by atoms with E-state index in [2.05, 4.69) is 4.98 Å². The number of rotatable bonds is 4. The van der Waals surface area contributed by atoms with Gasteiger partial charge in [-0.05, 0) is 31.0 Å². The van der Waals surface area contributed by atoms with Crippen molar-refractivity contribution in [2.45, 2.75) is 31.7 Å². The van der Waals surface area contributed by atoms with Gasteiger partial charge in [0.15, 0.2) is 0 Å². The number of hydrogen-bond acceptors (Lipinski definition) is 2. The number of nitrogens with zero attached hydrogens (tertiary/aromatic N) is 3. The van der Waals surface area contributed by atoms with Crippen LogP contribution in [0.25, 0.3) is 11.0 Å². The van der Waals surface area contributed by atoms with E-state index in [0.29, 0.717) is 23.9 Å². The minimum absolute atomic E-state index is 0.212. The monoisotopic (exact) mass is 325 g/mol. The predicted octanol–water partition coefficient (Wildman–Crippen LogP) is 3.44. The van der Waals surface area contributed by atoms with Gasteiger partial charge in [0.25, 0.3) is 0 Å². The van der Waals surface area contributed by atoms with Crippen molar-refractivity contribution < 1.29 is 4.79 Å². The molecule has 0 N–H and O–H groups in total. The fourth-order valence-corrected chi connectivity index (χ4v) is 3.21. The molecular weight excluding hydrogens is 309 g/mol. The molecule has 1 aliphatic heterocycles. The average Bonchev–Trinajstić information content (AvgIpc) is 3.11. The third kappa shape index (κ3) is 3.01. The molecule has 3 rings (SSSR count). The first kappa shape index (κ1) is 14.7. The second kappa shape index (κ2) is 6.24. The number of aryl methyl sites for hydroxylation is 1. The van der Waals surface area contributed by atoms with Crippen molar-refractivity contribution in [3.8, 4) is 0 Å². The first-order valence-electron chi connectivity index (χ1n) is 7.17. The van der Waals surface area contributed by atoms with Crippen LogP contribution in [0.3, 0.4) is 0 Å². The number of imidazole rings is 1. The molecule has 1 fully saturated rings. The van der Waals surface area contributed by atoms with Crippen LogP contribution in [0.1, 0.15) is 25.1 Å². The lowest BCUT2D eigenvalue weighted by atomic mass is 10.3. The molecule has 112 valence electrons. The summed E-state index contributed by atoms with van der Waals surface area (Å²) in [6.07, 6.45) is 2.72. The molecule has 6 heteroatoms. The summed E-state index contributed by atoms with van der Waals surface area (Å²) in [7, 11) is 0. The van der Waals surface area contributed by atoms with Crippen molar-refractivity contribution in [3.05, 3.63) is 29.0 Å². The summed E-state index contributed by atoms with van der Waals surface area (Å²) in [5.41, 5.74) is 1.80. The Balaban J connectivity index is 1.80. The summed E-state index contributed by atoms with van der Waals surface area (Å²) in [5.74, 6) is 1.32. The van der Waals surface area contributed by atoms with Gasteiger partial charge in [-0.25, -0.2) is 4.98 Å². The highest BCUT2D eigenvalue weighted by Crippen LogP contribution is 2.22. The molecule has 0 spiro atoms. The lowest BCUT2D eigenvalue weighted by molar-refractivity contribution is -0.130. The van der Waals surface area contributed by atoms with E-state index in [1.165, 1.54) is 0 Å². The zero-order chi connectivity index (χ0) is 14.8. The van der Waals surface area contributed by atoms with Gasteiger partial charge in [0.05, 0.1) is 16.9 Å². The summed E-state index contributed by atoms with van der Waals surface area (Å²) in [5, 5.41) is 0.654. The van der Waals surface area contributed by atoms with E-state index < -0.39 is 0 Å². The van der Waals surface area contributed by atoms with Crippen LogP contribution >= 0.6 is 23.2 Å². The first-order valence-corrected chi connectivity index (χ1v) is 8.08. The number of benzene rings is 1. The van der Waals surface area contributed by atoms with Crippen molar-refractivity contribution in [2.75, 3.05) is 13.1 Å². The normalized spacial score (nSPS) is 15.0. The largest absolute Gasteiger partial charge is 0.343 e. The summed E-state index contributed by atoms with van der Waals surface area (Å²) in [6, 6.07) is 5.59. The van der Waals surface area contributed by atoms with E-state index in [4.69, 9.17) is 23.2 Å². The number of aromatic nitrogens is 2. The summed E-state index contributed by atoms with van der Waals surface area (Å²) in [4.78, 5) is 18.6. The fourth-order valence-electron chi connectivity index (χ4n) is 2.84. The Kier molecular flexibility index (Phi) is 4.36. The van der Waals surface area contributed by atoms with Crippen LogP contribution in [-0.2, 0) is 17.2 Å². The Morgan fingerprint density at radius 2 is 2.05 bits per heavy atom. The van der Waals surface area contributed by atoms with Crippen LogP contribution in [0.2, 0.25) is 5.02 Å². The van der Waals surface area contributed by atoms with Crippen LogP contribution in [0, 0.1) is 0 Å². The molecule has 1 saturated heterocycles. The highest BCUT2D eigenvalue weighted by Gasteiger charge is 2.18. The van der Waals surface area contributed by atoms with Crippen molar-refractivity contribution in [3.63, 3.8) is 0 Å². The smallest absolute Gasteiger partial charge is 0.224 e. The number of fused-ring (bicyclic) bond motifs is 1. The molecular formula is C15H17Cl2N3O. The third-order valence-electron chi connectivity index (χ3n) is 3.92. The number of halogens is 2. The zero-order valence-electron chi connectivity index (χ0n) is 11.7. The Bertz CT molecular complexity index is 662. The maximum Gasteiger partial charge on any atom is 0.224 e. The molecule has 0 radical (unpaired) electrons. The topological polar surface area (TPSA) is 38.1 Å². The Morgan fingerprint density at radius 1 is 1.29 bits per heavy atom. The number of alkyl halides is 1. The van der Waals surface area contributed by atoms with E-state index in [0.717, 1.165) is 42.8 Å². The average molecular weight is 326 g/mol. The third-order valence-corrected chi connectivity index (χ3v) is 4.39. The molecule has 0 unspecified atom stereocenters. The van der Waals surface area contributed by atoms with Gasteiger partial charge in [-0.3, -0.25) is 4.79 Å². The van der Waals surface area contributed by atoms with E-state index in [1.807, 2.05) is 27.7 Å². The second-order valence-electron chi connectivity index (χ2n) is 5.28. The van der Waals surface area contributed by atoms with Gasteiger partial charge in [0.1, 0.15) is 5.82 Å². The predicted molar refractivity (Wildman–Crippen MR) is 84.7 cm³/mol. The van der Waals surface area contributed by atoms with Crippen LogP contribution in [0.5, 0.6) is 0 Å². The number of hydrogen-bond donors (Lipinski definition) is 0. The molecule has 1 aromatic heterocycles. The SMILES string of the molecule is O=C(CCn1c(CCl)nc2cc(Cl)ccc21)N1CCCC1. The molecule has 2 aromatic rings. The minimum atomic E-state index is 0.212. The molecule has 1 aliphatic rings. The van der Waals surface area contributed by atoms with Crippen LogP contribution in [0.4, 0.5) is 0 Å². The lowest BCUT2D eigenvalue weighted by Crippen LogP contribution is -2.28. The van der Waals surface area contributed by atoms with Crippen molar-refractivity contribution >= 4 is 40.1 Å². The molecule has 0 aliphatic carbocycles. The molecule has 2 heterocycles. The van der Waals surface area contributed by atoms with E-state index in [-0.39, 0.29) is 5.91 Å². The van der Waals surface area contributed by atoms with Crippen LogP contribution in [-0.4, -0.2) is 33.4 Å². The highest BCUT2D eigenvalue weighted by molar-refractivity contribution is 6.31. The number of likely N-dealkylation sites (tertiary alicyclic amines) is 1. The lowest BCUT2D eigenvalue weighted by Gasteiger charge is -2.16. The highest BCUT2D eigenvalue weighted by atomic mass is 35.5. The number of carbonyl (C=O) groups excluding carboxylic acids is 1. The quantitative estimate of drug-likeness (QED) is 0.807. The number of carbonyl (C=O) groups is 1. The standard InChI is InChI=1S/C15H17Cl2N3O/c16-10-14-18-12-9-11(17)3-4-13(12)20(14)8-5-15(21)19-6-1-2-7-19/h3-4,9H,1-2,5-8,10H2. The van der Waals surface area contributed by atoms with Crippen molar-refractivity contribution in [2.24, 2.45) is 0 Å². The van der Waals surface area contributed by atoms with Gasteiger partial charge in [-0.1, -0.05) is 11.6 Å². The zero-order valence-corrected chi connectivity index (χ0v) is 13.2. The Hall–Kier alpha value is -1.26. The van der Waals surface area contributed by atoms with Gasteiger partial charge in [0, 0.05) is 31.1 Å². The summed E-state index contributed by atoms with van der Waals surface area (Å²) >= 11 is 12.0. The van der Waals surface area contributed by atoms with Gasteiger partial charge >= 0.3 is 0 Å². The molecule has 0 saturated carbocycles. The molecule has 4 nitrogen and oxygen atoms in total. The maximum atomic E-state index is 12.2. The van der Waals surface area contributed by atoms with Crippen LogP contribution < -0.4 is 0 Å². The molecule has 0 atom stereocenters. The fraction of sp³-hybridized carbons (Fsp3) is 0.467. The van der Waals surface area contributed by atoms with E-state index in [9.17, 15) is 4.79 Å². The van der Waals surface area contributed by atoms with E-state index in [1.54, 1.807) is 0 Å². The van der Waals surface area contributed by atoms with Gasteiger partial charge < -0.3 is 9.47 Å². The Labute approximate surface area is 133 Å². The molecule has 1 aromatic carbocycles.